The smallest absolute Gasteiger partial charge is 0.260 e. The predicted octanol–water partition coefficient (Wildman–Crippen LogP) is 2.29. The lowest BCUT2D eigenvalue weighted by molar-refractivity contribution is 0.0929. The Hall–Kier alpha value is -2.67. The number of hydrogen-bond acceptors (Lipinski definition) is 6. The molecule has 2 aromatic rings. The van der Waals surface area contributed by atoms with E-state index in [4.69, 9.17) is 9.26 Å². The van der Waals surface area contributed by atoms with Crippen molar-refractivity contribution in [1.29, 1.82) is 0 Å². The van der Waals surface area contributed by atoms with Crippen LogP contribution in [0.15, 0.2) is 34.9 Å². The highest BCUT2D eigenvalue weighted by Crippen LogP contribution is 2.28. The van der Waals surface area contributed by atoms with Crippen LogP contribution in [0.25, 0.3) is 0 Å². The first-order valence-corrected chi connectivity index (χ1v) is 8.41. The monoisotopic (exact) mass is 341 g/mol. The summed E-state index contributed by atoms with van der Waals surface area (Å²) < 4.78 is 10.4. The molecule has 1 aromatic carbocycles. The molecular formula is C18H19N3O4. The van der Waals surface area contributed by atoms with Crippen LogP contribution < -0.4 is 15.4 Å². The Balaban J connectivity index is 1.37. The molecule has 1 amide bonds. The fourth-order valence-electron chi connectivity index (χ4n) is 3.50. The van der Waals surface area contributed by atoms with Crippen molar-refractivity contribution >= 4 is 11.7 Å². The summed E-state index contributed by atoms with van der Waals surface area (Å²) in [6.07, 6.45) is 3.33. The Morgan fingerprint density at radius 2 is 2.08 bits per heavy atom. The molecule has 1 aromatic heterocycles. The van der Waals surface area contributed by atoms with Gasteiger partial charge in [0.1, 0.15) is 5.75 Å². The average molecular weight is 341 g/mol. The molecule has 0 spiro atoms. The summed E-state index contributed by atoms with van der Waals surface area (Å²) in [5.74, 6) is 0.568. The van der Waals surface area contributed by atoms with E-state index in [1.54, 1.807) is 24.3 Å². The molecule has 0 radical (unpaired) electrons. The van der Waals surface area contributed by atoms with Crippen LogP contribution in [0.4, 0.5) is 0 Å². The Kier molecular flexibility index (Phi) is 4.01. The molecule has 3 atom stereocenters. The molecule has 7 heteroatoms. The molecule has 0 aliphatic carbocycles. The van der Waals surface area contributed by atoms with Gasteiger partial charge in [-0.05, 0) is 48.7 Å². The summed E-state index contributed by atoms with van der Waals surface area (Å²) in [4.78, 5) is 23.6. The number of rotatable bonds is 5. The molecule has 130 valence electrons. The van der Waals surface area contributed by atoms with Crippen molar-refractivity contribution in [3.63, 3.8) is 0 Å². The lowest BCUT2D eigenvalue weighted by Gasteiger charge is -2.21. The minimum atomic E-state index is -0.218. The zero-order valence-corrected chi connectivity index (χ0v) is 13.8. The zero-order chi connectivity index (χ0) is 17.4. The lowest BCUT2D eigenvalue weighted by atomic mass is 9.95. The van der Waals surface area contributed by atoms with Gasteiger partial charge in [-0.25, -0.2) is 0 Å². The summed E-state index contributed by atoms with van der Waals surface area (Å²) in [6.45, 7) is 1.39. The number of benzene rings is 1. The Morgan fingerprint density at radius 1 is 1.28 bits per heavy atom. The number of fused-ring (bicyclic) bond motifs is 2. The number of Topliss-reactive ketones (excluding diaryl/α,β-unsaturated/α-hetero) is 1. The maximum Gasteiger partial charge on any atom is 0.260 e. The second-order valence-corrected chi connectivity index (χ2v) is 6.58. The van der Waals surface area contributed by atoms with Crippen LogP contribution in [0.1, 0.15) is 47.1 Å². The third kappa shape index (κ3) is 3.28. The topological polar surface area (TPSA) is 93.5 Å². The largest absolute Gasteiger partial charge is 0.436 e. The van der Waals surface area contributed by atoms with E-state index in [2.05, 4.69) is 15.8 Å². The quantitative estimate of drug-likeness (QED) is 0.811. The normalized spacial score (nSPS) is 24.3. The standard InChI is InChI=1S/C18H19N3O4/c1-10(22)16-9-17(21-25-16)24-13-5-2-11(3-6-13)18(23)20-15-8-12-4-7-14(15)19-12/h2-3,5-6,9,12,14-15,19H,4,7-8H2,1H3,(H,20,23). The SMILES string of the molecule is CC(=O)c1cc(Oc2ccc(C(=O)NC3CC4CCC3N4)cc2)no1. The number of nitrogens with one attached hydrogen (secondary N) is 2. The number of hydrogen-bond donors (Lipinski definition) is 2. The molecule has 25 heavy (non-hydrogen) atoms. The van der Waals surface area contributed by atoms with E-state index in [1.165, 1.54) is 19.4 Å². The van der Waals surface area contributed by atoms with E-state index < -0.39 is 0 Å². The van der Waals surface area contributed by atoms with Gasteiger partial charge in [-0.2, -0.15) is 0 Å². The summed E-state index contributed by atoms with van der Waals surface area (Å²) in [6, 6.07) is 9.39. The molecular weight excluding hydrogens is 322 g/mol. The van der Waals surface area contributed by atoms with Gasteiger partial charge >= 0.3 is 0 Å². The van der Waals surface area contributed by atoms with Crippen LogP contribution in [-0.4, -0.2) is 35.0 Å². The van der Waals surface area contributed by atoms with E-state index in [0.29, 0.717) is 23.4 Å². The summed E-state index contributed by atoms with van der Waals surface area (Å²) in [5, 5.41) is 10.3. The van der Waals surface area contributed by atoms with Gasteiger partial charge in [0.25, 0.3) is 11.8 Å². The molecule has 4 rings (SSSR count). The van der Waals surface area contributed by atoms with Crippen LogP contribution in [0.2, 0.25) is 0 Å². The Morgan fingerprint density at radius 3 is 2.68 bits per heavy atom. The van der Waals surface area contributed by atoms with Crippen LogP contribution >= 0.6 is 0 Å². The predicted molar refractivity (Wildman–Crippen MR) is 88.8 cm³/mol. The van der Waals surface area contributed by atoms with E-state index in [-0.39, 0.29) is 29.4 Å². The first-order chi connectivity index (χ1) is 12.1. The highest BCUT2D eigenvalue weighted by atomic mass is 16.5. The van der Waals surface area contributed by atoms with Crippen molar-refractivity contribution in [3.8, 4) is 11.6 Å². The molecule has 3 heterocycles. The first-order valence-electron chi connectivity index (χ1n) is 8.41. The molecule has 2 saturated heterocycles. The second-order valence-electron chi connectivity index (χ2n) is 6.58. The highest BCUT2D eigenvalue weighted by Gasteiger charge is 2.39. The second kappa shape index (κ2) is 6.33. The molecule has 7 nitrogen and oxygen atoms in total. The van der Waals surface area contributed by atoms with Gasteiger partial charge in [0.15, 0.2) is 5.78 Å². The van der Waals surface area contributed by atoms with E-state index >= 15 is 0 Å². The fourth-order valence-corrected chi connectivity index (χ4v) is 3.50. The molecule has 2 aliphatic heterocycles. The summed E-state index contributed by atoms with van der Waals surface area (Å²) in [7, 11) is 0. The molecule has 0 saturated carbocycles. The minimum absolute atomic E-state index is 0.0776. The van der Waals surface area contributed by atoms with Crippen molar-refractivity contribution in [3.05, 3.63) is 41.7 Å². The number of ether oxygens (including phenoxy) is 1. The highest BCUT2D eigenvalue weighted by molar-refractivity contribution is 5.94. The number of nitrogens with zero attached hydrogens (tertiary/aromatic N) is 1. The van der Waals surface area contributed by atoms with Crippen molar-refractivity contribution in [2.24, 2.45) is 0 Å². The molecule has 2 N–H and O–H groups in total. The van der Waals surface area contributed by atoms with Gasteiger partial charge < -0.3 is 19.9 Å². The average Bonchev–Trinajstić information content (AvgIpc) is 3.32. The van der Waals surface area contributed by atoms with Crippen LogP contribution in [0.3, 0.4) is 0 Å². The maximum absolute atomic E-state index is 12.4. The van der Waals surface area contributed by atoms with Gasteiger partial charge in [0, 0.05) is 30.6 Å². The van der Waals surface area contributed by atoms with Crippen molar-refractivity contribution < 1.29 is 18.8 Å². The van der Waals surface area contributed by atoms with Crippen molar-refractivity contribution in [1.82, 2.24) is 15.8 Å². The number of aromatic nitrogens is 1. The number of carbonyl (C=O) groups is 2. The van der Waals surface area contributed by atoms with Gasteiger partial charge in [-0.3, -0.25) is 9.59 Å². The van der Waals surface area contributed by atoms with E-state index in [9.17, 15) is 9.59 Å². The Labute approximate surface area is 144 Å². The van der Waals surface area contributed by atoms with Crippen molar-refractivity contribution in [2.75, 3.05) is 0 Å². The van der Waals surface area contributed by atoms with E-state index in [1.807, 2.05) is 0 Å². The van der Waals surface area contributed by atoms with Gasteiger partial charge in [-0.1, -0.05) is 0 Å². The zero-order valence-electron chi connectivity index (χ0n) is 13.8. The summed E-state index contributed by atoms with van der Waals surface area (Å²) >= 11 is 0. The van der Waals surface area contributed by atoms with Crippen LogP contribution in [0.5, 0.6) is 11.6 Å². The maximum atomic E-state index is 12.4. The lowest BCUT2D eigenvalue weighted by Crippen LogP contribution is -2.42. The molecule has 2 fully saturated rings. The van der Waals surface area contributed by atoms with Crippen molar-refractivity contribution in [2.45, 2.75) is 44.3 Å². The third-order valence-corrected chi connectivity index (χ3v) is 4.79. The molecule has 2 bridgehead atoms. The number of amides is 1. The van der Waals surface area contributed by atoms with Gasteiger partial charge in [0.05, 0.1) is 6.07 Å². The molecule has 2 aliphatic rings. The number of carbonyl (C=O) groups excluding carboxylic acids is 2. The number of ketones is 1. The Bertz CT molecular complexity index is 799. The first kappa shape index (κ1) is 15.8. The van der Waals surface area contributed by atoms with Crippen LogP contribution in [0, 0.1) is 0 Å². The van der Waals surface area contributed by atoms with Gasteiger partial charge in [0.2, 0.25) is 5.76 Å². The third-order valence-electron chi connectivity index (χ3n) is 4.79. The molecule has 3 unspecified atom stereocenters. The minimum Gasteiger partial charge on any atom is -0.436 e. The van der Waals surface area contributed by atoms with Crippen LogP contribution in [-0.2, 0) is 0 Å². The summed E-state index contributed by atoms with van der Waals surface area (Å²) in [5.41, 5.74) is 0.583. The fraction of sp³-hybridized carbons (Fsp3) is 0.389. The van der Waals surface area contributed by atoms with E-state index in [0.717, 1.165) is 12.8 Å². The van der Waals surface area contributed by atoms with Gasteiger partial charge in [-0.15, -0.1) is 0 Å².